The largest absolute Gasteiger partial charge is 0.508 e. The molecular weight excluding hydrogens is 743 g/mol. The van der Waals surface area contributed by atoms with Gasteiger partial charge in [-0.3, -0.25) is 39.2 Å². The van der Waals surface area contributed by atoms with Gasteiger partial charge >= 0.3 is 0 Å². The zero-order valence-corrected chi connectivity index (χ0v) is 33.3. The molecule has 11 heteroatoms. The van der Waals surface area contributed by atoms with Crippen molar-refractivity contribution in [2.45, 2.75) is 74.9 Å². The number of phenolic OH excluding ortho intramolecular Hbond substituents is 1. The first kappa shape index (κ1) is 37.7. The van der Waals surface area contributed by atoms with E-state index in [-0.39, 0.29) is 24.7 Å². The number of anilines is 1. The molecule has 5 fully saturated rings. The van der Waals surface area contributed by atoms with Crippen molar-refractivity contribution < 1.29 is 29.0 Å². The Morgan fingerprint density at radius 1 is 0.729 bits per heavy atom. The van der Waals surface area contributed by atoms with E-state index in [0.717, 1.165) is 74.9 Å². The lowest BCUT2D eigenvalue weighted by Gasteiger charge is -2.58. The second-order valence-corrected chi connectivity index (χ2v) is 17.5. The van der Waals surface area contributed by atoms with Crippen LogP contribution in [0.25, 0.3) is 0 Å². The maximum atomic E-state index is 13.4. The Morgan fingerprint density at radius 3 is 2.25 bits per heavy atom. The molecule has 304 valence electrons. The summed E-state index contributed by atoms with van der Waals surface area (Å²) in [6, 6.07) is 30.6. The minimum atomic E-state index is -0.955. The molecule has 5 atom stereocenters. The van der Waals surface area contributed by atoms with E-state index in [1.54, 1.807) is 6.07 Å². The van der Waals surface area contributed by atoms with Gasteiger partial charge in [0.25, 0.3) is 11.8 Å². The summed E-state index contributed by atoms with van der Waals surface area (Å²) in [5.74, 6) is 0.604. The summed E-state index contributed by atoms with van der Waals surface area (Å²) >= 11 is 0. The Labute approximate surface area is 344 Å². The van der Waals surface area contributed by atoms with Gasteiger partial charge in [-0.1, -0.05) is 48.5 Å². The molecule has 11 rings (SSSR count). The number of nitrogens with one attached hydrogen (secondary N) is 1. The van der Waals surface area contributed by atoms with Crippen molar-refractivity contribution in [1.29, 1.82) is 0 Å². The summed E-state index contributed by atoms with van der Waals surface area (Å²) in [7, 11) is 0. The number of likely N-dealkylation sites (tertiary alicyclic amines) is 1. The molecule has 0 aromatic heterocycles. The van der Waals surface area contributed by atoms with E-state index in [9.17, 15) is 24.3 Å². The molecule has 1 aliphatic carbocycles. The highest BCUT2D eigenvalue weighted by molar-refractivity contribution is 6.23. The molecule has 0 radical (unpaired) electrons. The fourth-order valence-corrected chi connectivity index (χ4v) is 11.0. The molecule has 4 aromatic carbocycles. The minimum absolute atomic E-state index is 0.107. The van der Waals surface area contributed by atoms with Gasteiger partial charge in [0.05, 0.1) is 11.1 Å². The van der Waals surface area contributed by atoms with Crippen LogP contribution in [0.1, 0.15) is 93.3 Å². The van der Waals surface area contributed by atoms with Gasteiger partial charge in [0.2, 0.25) is 11.8 Å². The van der Waals surface area contributed by atoms with E-state index < -0.39 is 23.8 Å². The van der Waals surface area contributed by atoms with Gasteiger partial charge in [0.15, 0.2) is 0 Å². The predicted octanol–water partition coefficient (Wildman–Crippen LogP) is 5.71. The molecule has 59 heavy (non-hydrogen) atoms. The standard InChI is InChI=1S/C48H51N5O6/c54-37-10-15-40-33(24-37)8-13-39(31-4-2-1-3-5-31)45(40)32-6-11-38(12-7-32)59-23-22-50-20-18-30(19-21-50)27-51-28-35-25-36(29-51)52(35)34-9-14-41-42(26-34)48(58)53(47(41)57)43-16-17-44(55)49-46(43)56/h1-7,9-12,14-15,24,26,30,35-36,39,43,45,54H,8,13,16-23,25,27-29H2,(H,49,55,56)/t35?,36?,39-,43?,45+/m1/s1. The van der Waals surface area contributed by atoms with Crippen LogP contribution in [0.2, 0.25) is 0 Å². The molecule has 4 amide bonds. The number of hydrogen-bond acceptors (Lipinski definition) is 9. The maximum absolute atomic E-state index is 13.4. The lowest BCUT2D eigenvalue weighted by atomic mass is 9.69. The van der Waals surface area contributed by atoms with E-state index in [0.29, 0.717) is 47.4 Å². The molecule has 4 aromatic rings. The van der Waals surface area contributed by atoms with Gasteiger partial charge < -0.3 is 14.7 Å². The third-order valence-corrected chi connectivity index (χ3v) is 13.9. The quantitative estimate of drug-likeness (QED) is 0.195. The summed E-state index contributed by atoms with van der Waals surface area (Å²) in [5.41, 5.74) is 6.79. The Balaban J connectivity index is 0.688. The number of piperidine rings is 3. The Hall–Kier alpha value is -5.52. The highest BCUT2D eigenvalue weighted by Gasteiger charge is 2.48. The number of carbonyl (C=O) groups excluding carboxylic acids is 4. The lowest BCUT2D eigenvalue weighted by molar-refractivity contribution is -0.136. The number of nitrogens with zero attached hydrogens (tertiary/aromatic N) is 4. The van der Waals surface area contributed by atoms with Crippen molar-refractivity contribution in [3.8, 4) is 11.5 Å². The van der Waals surface area contributed by atoms with Crippen LogP contribution in [-0.4, -0.2) is 107 Å². The van der Waals surface area contributed by atoms with Crippen LogP contribution < -0.4 is 15.0 Å². The lowest BCUT2D eigenvalue weighted by Crippen LogP contribution is -2.69. The van der Waals surface area contributed by atoms with E-state index >= 15 is 0 Å². The number of aryl methyl sites for hydroxylation is 1. The monoisotopic (exact) mass is 793 g/mol. The Morgan fingerprint density at radius 2 is 1.49 bits per heavy atom. The molecule has 7 aliphatic rings. The topological polar surface area (TPSA) is 123 Å². The van der Waals surface area contributed by atoms with Crippen molar-refractivity contribution in [1.82, 2.24) is 20.0 Å². The first-order valence-corrected chi connectivity index (χ1v) is 21.5. The number of amides is 4. The van der Waals surface area contributed by atoms with Crippen molar-refractivity contribution in [3.05, 3.63) is 124 Å². The van der Waals surface area contributed by atoms with Gasteiger partial charge in [-0.2, -0.15) is 0 Å². The molecule has 11 nitrogen and oxygen atoms in total. The predicted molar refractivity (Wildman–Crippen MR) is 223 cm³/mol. The van der Waals surface area contributed by atoms with E-state index in [1.165, 1.54) is 35.1 Å². The fraction of sp³-hybridized carbons (Fsp3) is 0.417. The number of phenols is 1. The summed E-state index contributed by atoms with van der Waals surface area (Å²) in [6.07, 6.45) is 5.74. The van der Waals surface area contributed by atoms with Crippen molar-refractivity contribution >= 4 is 29.3 Å². The number of imide groups is 2. The van der Waals surface area contributed by atoms with E-state index in [1.807, 2.05) is 24.3 Å². The molecular formula is C48H51N5O6. The molecule has 6 aliphatic heterocycles. The van der Waals surface area contributed by atoms with Crippen molar-refractivity contribution in [2.24, 2.45) is 5.92 Å². The average Bonchev–Trinajstić information content (AvgIpc) is 3.49. The van der Waals surface area contributed by atoms with Gasteiger partial charge in [-0.15, -0.1) is 0 Å². The number of fused-ring (bicyclic) bond motifs is 4. The van der Waals surface area contributed by atoms with E-state index in [4.69, 9.17) is 4.74 Å². The van der Waals surface area contributed by atoms with Gasteiger partial charge in [-0.25, -0.2) is 0 Å². The van der Waals surface area contributed by atoms with Crippen LogP contribution in [-0.2, 0) is 16.0 Å². The fourth-order valence-electron chi connectivity index (χ4n) is 11.0. The smallest absolute Gasteiger partial charge is 0.262 e. The molecule has 2 bridgehead atoms. The number of aromatic hydroxyl groups is 1. The molecule has 0 spiro atoms. The number of rotatable bonds is 10. The van der Waals surface area contributed by atoms with Gasteiger partial charge in [0.1, 0.15) is 24.1 Å². The first-order valence-electron chi connectivity index (χ1n) is 21.5. The van der Waals surface area contributed by atoms with Crippen molar-refractivity contribution in [2.75, 3.05) is 50.8 Å². The van der Waals surface area contributed by atoms with Crippen LogP contribution in [0.3, 0.4) is 0 Å². The number of hydrogen-bond donors (Lipinski definition) is 2. The molecule has 0 saturated carbocycles. The van der Waals surface area contributed by atoms with Gasteiger partial charge in [-0.05, 0) is 128 Å². The second kappa shape index (κ2) is 15.6. The van der Waals surface area contributed by atoms with Crippen molar-refractivity contribution in [3.63, 3.8) is 0 Å². The number of ether oxygens (including phenoxy) is 1. The van der Waals surface area contributed by atoms with Crippen LogP contribution >= 0.6 is 0 Å². The number of benzene rings is 4. The summed E-state index contributed by atoms with van der Waals surface area (Å²) in [6.45, 7) is 6.80. The summed E-state index contributed by atoms with van der Waals surface area (Å²) < 4.78 is 6.28. The zero-order chi connectivity index (χ0) is 40.2. The highest BCUT2D eigenvalue weighted by atomic mass is 16.5. The normalized spacial score (nSPS) is 26.0. The molecule has 3 unspecified atom stereocenters. The highest BCUT2D eigenvalue weighted by Crippen LogP contribution is 2.47. The van der Waals surface area contributed by atoms with E-state index in [2.05, 4.69) is 80.7 Å². The molecule has 2 N–H and O–H groups in total. The molecule has 6 heterocycles. The number of piperazine rings is 1. The summed E-state index contributed by atoms with van der Waals surface area (Å²) in [4.78, 5) is 59.4. The second-order valence-electron chi connectivity index (χ2n) is 17.5. The number of carbonyl (C=O) groups is 4. The van der Waals surface area contributed by atoms with Gasteiger partial charge in [0, 0.05) is 56.3 Å². The van der Waals surface area contributed by atoms with Crippen LogP contribution in [0.5, 0.6) is 11.5 Å². The third-order valence-electron chi connectivity index (χ3n) is 13.9. The van der Waals surface area contributed by atoms with Crippen LogP contribution in [0.4, 0.5) is 5.69 Å². The third kappa shape index (κ3) is 7.18. The Kier molecular flexibility index (Phi) is 9.96. The first-order chi connectivity index (χ1) is 28.8. The van der Waals surface area contributed by atoms with Crippen LogP contribution in [0.15, 0.2) is 91.0 Å². The minimum Gasteiger partial charge on any atom is -0.508 e. The molecule has 5 saturated heterocycles. The van der Waals surface area contributed by atoms with Crippen LogP contribution in [0, 0.1) is 5.92 Å². The summed E-state index contributed by atoms with van der Waals surface area (Å²) in [5, 5.41) is 12.5. The zero-order valence-electron chi connectivity index (χ0n) is 33.3. The SMILES string of the molecule is O=C1CCC(N2C(=O)c3ccc(N4C5CC4CN(CC4CCN(CCOc6ccc([C@@H]7c8ccc(O)cc8CC[C@@H]7c7ccccc7)cc6)CC4)C5)cc3C2=O)C(=O)N1. The maximum Gasteiger partial charge on any atom is 0.262 e. The Bertz CT molecular complexity index is 2260. The average molecular weight is 794 g/mol.